The van der Waals surface area contributed by atoms with Crippen molar-refractivity contribution in [2.24, 2.45) is 17.8 Å². The number of hydrogen-bond donors (Lipinski definition) is 1. The molecule has 1 fully saturated rings. The summed E-state index contributed by atoms with van der Waals surface area (Å²) in [6.45, 7) is 3.77. The number of carbonyl (C=O) groups is 1. The Hall–Kier alpha value is -1.52. The molecule has 4 nitrogen and oxygen atoms in total. The zero-order valence-corrected chi connectivity index (χ0v) is 12.3. The van der Waals surface area contributed by atoms with Crippen molar-refractivity contribution < 1.29 is 14.6 Å². The summed E-state index contributed by atoms with van der Waals surface area (Å²) < 4.78 is 4.91. The summed E-state index contributed by atoms with van der Waals surface area (Å²) in [7, 11) is 0. The van der Waals surface area contributed by atoms with Gasteiger partial charge in [-0.3, -0.25) is 4.79 Å². The van der Waals surface area contributed by atoms with Crippen LogP contribution in [0.5, 0.6) is 0 Å². The second-order valence-electron chi connectivity index (χ2n) is 5.82. The molecule has 4 unspecified atom stereocenters. The van der Waals surface area contributed by atoms with Gasteiger partial charge in [-0.15, -0.1) is 6.42 Å². The third kappa shape index (κ3) is 4.25. The molecule has 0 aliphatic heterocycles. The summed E-state index contributed by atoms with van der Waals surface area (Å²) >= 11 is 0. The minimum atomic E-state index is -1.14. The first-order chi connectivity index (χ1) is 9.42. The van der Waals surface area contributed by atoms with Crippen LogP contribution in [0.25, 0.3) is 0 Å². The third-order valence-electron chi connectivity index (χ3n) is 4.12. The molecule has 0 aromatic heterocycles. The van der Waals surface area contributed by atoms with Gasteiger partial charge in [0.25, 0.3) is 0 Å². The lowest BCUT2D eigenvalue weighted by Crippen LogP contribution is -2.46. The molecule has 0 aromatic carbocycles. The standard InChI is InChI=1S/C16H23NO3/c1-4-16(19)11-12(2)10-14(7-8-17)15(16)6-5-9-20-13(3)18/h1,12,14-15,19H,5-7,9-11H2,2-3H3. The van der Waals surface area contributed by atoms with E-state index in [1.165, 1.54) is 6.92 Å². The highest BCUT2D eigenvalue weighted by Crippen LogP contribution is 2.44. The third-order valence-corrected chi connectivity index (χ3v) is 4.12. The molecular formula is C16H23NO3. The van der Waals surface area contributed by atoms with Crippen LogP contribution in [0.3, 0.4) is 0 Å². The number of nitriles is 1. The van der Waals surface area contributed by atoms with Crippen LogP contribution in [0.15, 0.2) is 0 Å². The topological polar surface area (TPSA) is 70.3 Å². The zero-order valence-electron chi connectivity index (χ0n) is 12.3. The van der Waals surface area contributed by atoms with Crippen LogP contribution in [-0.2, 0) is 9.53 Å². The lowest BCUT2D eigenvalue weighted by atomic mass is 9.63. The van der Waals surface area contributed by atoms with E-state index in [9.17, 15) is 9.90 Å². The maximum absolute atomic E-state index is 10.7. The number of carbonyl (C=O) groups excluding carboxylic acids is 1. The average Bonchev–Trinajstić information content (AvgIpc) is 2.36. The summed E-state index contributed by atoms with van der Waals surface area (Å²) in [5.74, 6) is 2.57. The highest BCUT2D eigenvalue weighted by Gasteiger charge is 2.44. The Morgan fingerprint density at radius 3 is 2.85 bits per heavy atom. The molecule has 1 N–H and O–H groups in total. The molecule has 20 heavy (non-hydrogen) atoms. The number of esters is 1. The second-order valence-corrected chi connectivity index (χ2v) is 5.82. The van der Waals surface area contributed by atoms with Crippen LogP contribution < -0.4 is 0 Å². The molecule has 110 valence electrons. The van der Waals surface area contributed by atoms with E-state index in [1.807, 2.05) is 0 Å². The van der Waals surface area contributed by atoms with Crippen molar-refractivity contribution >= 4 is 5.97 Å². The minimum Gasteiger partial charge on any atom is -0.466 e. The Morgan fingerprint density at radius 1 is 1.60 bits per heavy atom. The lowest BCUT2D eigenvalue weighted by molar-refractivity contribution is -0.141. The maximum atomic E-state index is 10.7. The van der Waals surface area contributed by atoms with Gasteiger partial charge in [0.2, 0.25) is 0 Å². The Bertz CT molecular complexity index is 420. The second kappa shape index (κ2) is 7.31. The fraction of sp³-hybridized carbons (Fsp3) is 0.750. The van der Waals surface area contributed by atoms with E-state index in [0.29, 0.717) is 38.2 Å². The Morgan fingerprint density at radius 2 is 2.30 bits per heavy atom. The van der Waals surface area contributed by atoms with Gasteiger partial charge in [-0.05, 0) is 37.5 Å². The Kier molecular flexibility index (Phi) is 6.05. The van der Waals surface area contributed by atoms with E-state index in [-0.39, 0.29) is 17.8 Å². The van der Waals surface area contributed by atoms with Crippen LogP contribution in [0.2, 0.25) is 0 Å². The highest BCUT2D eigenvalue weighted by atomic mass is 16.5. The summed E-state index contributed by atoms with van der Waals surface area (Å²) in [4.78, 5) is 10.7. The van der Waals surface area contributed by atoms with Crippen molar-refractivity contribution in [3.63, 3.8) is 0 Å². The van der Waals surface area contributed by atoms with Crippen molar-refractivity contribution in [2.75, 3.05) is 6.61 Å². The van der Waals surface area contributed by atoms with Gasteiger partial charge in [-0.2, -0.15) is 5.26 Å². The maximum Gasteiger partial charge on any atom is 0.302 e. The molecule has 0 amide bonds. The summed E-state index contributed by atoms with van der Waals surface area (Å²) in [5.41, 5.74) is -1.14. The molecule has 0 aromatic rings. The van der Waals surface area contributed by atoms with E-state index in [2.05, 4.69) is 18.9 Å². The molecular weight excluding hydrogens is 254 g/mol. The fourth-order valence-electron chi connectivity index (χ4n) is 3.34. The first-order valence-electron chi connectivity index (χ1n) is 7.13. The van der Waals surface area contributed by atoms with Gasteiger partial charge in [-0.1, -0.05) is 12.8 Å². The first kappa shape index (κ1) is 16.5. The van der Waals surface area contributed by atoms with Crippen molar-refractivity contribution in [3.8, 4) is 18.4 Å². The molecule has 1 rings (SSSR count). The van der Waals surface area contributed by atoms with Crippen LogP contribution in [0.4, 0.5) is 0 Å². The van der Waals surface area contributed by atoms with Crippen molar-refractivity contribution in [2.45, 2.75) is 51.6 Å². The van der Waals surface area contributed by atoms with Crippen molar-refractivity contribution in [1.82, 2.24) is 0 Å². The Labute approximate surface area is 121 Å². The molecule has 0 heterocycles. The number of terminal acetylenes is 1. The average molecular weight is 277 g/mol. The number of aliphatic hydroxyl groups is 1. The first-order valence-corrected chi connectivity index (χ1v) is 7.13. The molecule has 1 aliphatic rings. The van der Waals surface area contributed by atoms with Gasteiger partial charge in [0, 0.05) is 19.3 Å². The van der Waals surface area contributed by atoms with Crippen molar-refractivity contribution in [1.29, 1.82) is 5.26 Å². The summed E-state index contributed by atoms with van der Waals surface area (Å²) in [5, 5.41) is 19.6. The van der Waals surface area contributed by atoms with Gasteiger partial charge < -0.3 is 9.84 Å². The number of nitrogens with zero attached hydrogens (tertiary/aromatic N) is 1. The monoisotopic (exact) mass is 277 g/mol. The van der Waals surface area contributed by atoms with E-state index in [4.69, 9.17) is 16.4 Å². The smallest absolute Gasteiger partial charge is 0.302 e. The molecule has 0 saturated heterocycles. The Balaban J connectivity index is 2.71. The highest BCUT2D eigenvalue weighted by molar-refractivity contribution is 5.65. The normalized spacial score (nSPS) is 33.0. The predicted molar refractivity (Wildman–Crippen MR) is 75.3 cm³/mol. The largest absolute Gasteiger partial charge is 0.466 e. The van der Waals surface area contributed by atoms with Crippen LogP contribution in [0, 0.1) is 41.4 Å². The summed E-state index contributed by atoms with van der Waals surface area (Å²) in [6, 6.07) is 2.19. The fourth-order valence-corrected chi connectivity index (χ4v) is 3.34. The van der Waals surface area contributed by atoms with Gasteiger partial charge in [0.05, 0.1) is 12.7 Å². The zero-order chi connectivity index (χ0) is 15.2. The molecule has 0 spiro atoms. The van der Waals surface area contributed by atoms with Crippen LogP contribution in [-0.4, -0.2) is 23.3 Å². The SMILES string of the molecule is C#CC1(O)CC(C)CC(CC#N)C1CCCOC(C)=O. The number of ether oxygens (including phenoxy) is 1. The molecule has 4 heteroatoms. The lowest BCUT2D eigenvalue weighted by Gasteiger charge is -2.44. The predicted octanol–water partition coefficient (Wildman–Crippen LogP) is 2.27. The molecule has 4 atom stereocenters. The van der Waals surface area contributed by atoms with Crippen LogP contribution in [0.1, 0.15) is 46.0 Å². The quantitative estimate of drug-likeness (QED) is 0.475. The summed E-state index contributed by atoms with van der Waals surface area (Å²) in [6.07, 6.45) is 8.76. The van der Waals surface area contributed by atoms with Crippen LogP contribution >= 0.6 is 0 Å². The van der Waals surface area contributed by atoms with E-state index < -0.39 is 5.60 Å². The molecule has 1 saturated carbocycles. The van der Waals surface area contributed by atoms with E-state index in [0.717, 1.165) is 6.42 Å². The molecule has 0 radical (unpaired) electrons. The molecule has 1 aliphatic carbocycles. The van der Waals surface area contributed by atoms with Crippen molar-refractivity contribution in [3.05, 3.63) is 0 Å². The number of rotatable bonds is 5. The molecule has 0 bridgehead atoms. The van der Waals surface area contributed by atoms with Gasteiger partial charge >= 0.3 is 5.97 Å². The minimum absolute atomic E-state index is 0.0982. The van der Waals surface area contributed by atoms with Gasteiger partial charge in [-0.25, -0.2) is 0 Å². The van der Waals surface area contributed by atoms with E-state index >= 15 is 0 Å². The van der Waals surface area contributed by atoms with Gasteiger partial charge in [0.1, 0.15) is 5.60 Å². The number of hydrogen-bond acceptors (Lipinski definition) is 4. The van der Waals surface area contributed by atoms with E-state index in [1.54, 1.807) is 0 Å². The van der Waals surface area contributed by atoms with Gasteiger partial charge in [0.15, 0.2) is 0 Å².